The van der Waals surface area contributed by atoms with Crippen LogP contribution in [0.2, 0.25) is 0 Å². The van der Waals surface area contributed by atoms with Crippen molar-refractivity contribution >= 4 is 24.1 Å². The molecule has 0 fully saturated rings. The minimum atomic E-state index is -0.548. The largest absolute Gasteiger partial charge is 0.494 e. The molecule has 5 rings (SSSR count). The molecule has 10 nitrogen and oxygen atoms in total. The molecule has 0 saturated carbocycles. The van der Waals surface area contributed by atoms with Gasteiger partial charge in [0.1, 0.15) is 42.0 Å². The molecule has 0 aromatic heterocycles. The highest BCUT2D eigenvalue weighted by molar-refractivity contribution is 5.93. The van der Waals surface area contributed by atoms with E-state index in [9.17, 15) is 14.4 Å². The molecule has 0 aliphatic carbocycles. The highest BCUT2D eigenvalue weighted by Crippen LogP contribution is 2.24. The van der Waals surface area contributed by atoms with Crippen LogP contribution in [-0.4, -0.2) is 37.3 Å². The van der Waals surface area contributed by atoms with Crippen molar-refractivity contribution < 1.29 is 42.8 Å². The van der Waals surface area contributed by atoms with Gasteiger partial charge in [0.05, 0.1) is 18.8 Å². The van der Waals surface area contributed by atoms with E-state index in [1.165, 1.54) is 0 Å². The number of carbonyl (C=O) groups is 3. The Labute approximate surface area is 327 Å². The molecule has 0 heterocycles. The second-order valence-electron chi connectivity index (χ2n) is 12.7. The number of rotatable bonds is 22. The molecular weight excluding hydrogens is 711 g/mol. The number of unbranched alkanes of at least 4 members (excludes halogenated alkanes) is 3. The molecule has 0 aliphatic heterocycles. The van der Waals surface area contributed by atoms with Crippen molar-refractivity contribution in [2.45, 2.75) is 51.7 Å². The van der Waals surface area contributed by atoms with Gasteiger partial charge in [0.2, 0.25) is 0 Å². The first-order valence-corrected chi connectivity index (χ1v) is 18.5. The molecule has 288 valence electrons. The van der Waals surface area contributed by atoms with E-state index in [0.29, 0.717) is 60.4 Å². The third-order valence-electron chi connectivity index (χ3n) is 8.49. The minimum Gasteiger partial charge on any atom is -0.494 e. The Kier molecular flexibility index (Phi) is 15.8. The van der Waals surface area contributed by atoms with Crippen molar-refractivity contribution in [1.29, 1.82) is 5.41 Å². The first-order valence-electron chi connectivity index (χ1n) is 18.5. The van der Waals surface area contributed by atoms with E-state index >= 15 is 0 Å². The fraction of sp³-hybridized carbons (Fsp3) is 0.217. The van der Waals surface area contributed by atoms with Gasteiger partial charge < -0.3 is 33.8 Å². The van der Waals surface area contributed by atoms with Crippen LogP contribution in [0.4, 0.5) is 0 Å². The van der Waals surface area contributed by atoms with Crippen LogP contribution in [0.3, 0.4) is 0 Å². The van der Waals surface area contributed by atoms with E-state index < -0.39 is 11.9 Å². The SMILES string of the molecule is C=CC(=O)OCCCCCCOc1ccc(C(=O)Oc2ccc(COc3ccc(CCC(=O)Oc4ccc(OCc5ccccc5)cc4)cc3)cc2C=N)cc1. The van der Waals surface area contributed by atoms with E-state index in [0.717, 1.165) is 54.7 Å². The zero-order valence-electron chi connectivity index (χ0n) is 31.2. The number of hydrogen-bond donors (Lipinski definition) is 1. The van der Waals surface area contributed by atoms with Gasteiger partial charge in [0, 0.05) is 24.3 Å². The number of carbonyl (C=O) groups excluding carboxylic acids is 3. The second kappa shape index (κ2) is 21.9. The maximum absolute atomic E-state index is 12.9. The topological polar surface area (TPSA) is 130 Å². The monoisotopic (exact) mass is 755 g/mol. The van der Waals surface area contributed by atoms with Crippen molar-refractivity contribution in [3.05, 3.63) is 162 Å². The lowest BCUT2D eigenvalue weighted by Gasteiger charge is -2.11. The lowest BCUT2D eigenvalue weighted by Crippen LogP contribution is -2.10. The summed E-state index contributed by atoms with van der Waals surface area (Å²) >= 11 is 0. The van der Waals surface area contributed by atoms with Gasteiger partial charge in [-0.2, -0.15) is 0 Å². The van der Waals surface area contributed by atoms with Crippen LogP contribution >= 0.6 is 0 Å². The Hall–Kier alpha value is -6.68. The first kappa shape index (κ1) is 40.5. The van der Waals surface area contributed by atoms with Gasteiger partial charge in [0.15, 0.2) is 0 Å². The number of nitrogens with one attached hydrogen (secondary N) is 1. The van der Waals surface area contributed by atoms with E-state index in [1.807, 2.05) is 54.6 Å². The molecule has 0 radical (unpaired) electrons. The molecule has 1 N–H and O–H groups in total. The van der Waals surface area contributed by atoms with Crippen molar-refractivity contribution in [2.24, 2.45) is 0 Å². The van der Waals surface area contributed by atoms with Crippen LogP contribution < -0.4 is 23.7 Å². The Morgan fingerprint density at radius 2 is 1.18 bits per heavy atom. The second-order valence-corrected chi connectivity index (χ2v) is 12.7. The molecule has 5 aromatic rings. The first-order chi connectivity index (χ1) is 27.4. The summed E-state index contributed by atoms with van der Waals surface area (Å²) in [4.78, 5) is 36.4. The Bertz CT molecular complexity index is 2030. The number of hydrogen-bond acceptors (Lipinski definition) is 10. The zero-order valence-corrected chi connectivity index (χ0v) is 31.2. The van der Waals surface area contributed by atoms with E-state index in [4.69, 9.17) is 33.8 Å². The number of esters is 3. The molecule has 10 heteroatoms. The standard InChI is InChI=1S/C46H45NO9/c1-2-44(48)52-29-9-4-3-8-28-51-39-20-16-37(17-21-39)46(50)56-43-26-14-36(30-38(43)31-47)33-54-40-18-12-34(13-19-40)15-27-45(49)55-42-24-22-41(23-25-42)53-32-35-10-6-5-7-11-35/h2,5-7,10-14,16-26,30-31,47H,1,3-4,8-9,15,27-29,32-33H2. The molecule has 0 saturated heterocycles. The van der Waals surface area contributed by atoms with Crippen molar-refractivity contribution in [3.63, 3.8) is 0 Å². The quantitative estimate of drug-likeness (QED) is 0.0242. The summed E-state index contributed by atoms with van der Waals surface area (Å²) in [5.41, 5.74) is 3.62. The predicted octanol–water partition coefficient (Wildman–Crippen LogP) is 9.27. The van der Waals surface area contributed by atoms with Gasteiger partial charge in [0.25, 0.3) is 0 Å². The summed E-state index contributed by atoms with van der Waals surface area (Å²) in [7, 11) is 0. The van der Waals surface area contributed by atoms with Gasteiger partial charge in [-0.3, -0.25) is 4.79 Å². The third kappa shape index (κ3) is 13.6. The fourth-order valence-electron chi connectivity index (χ4n) is 5.41. The summed E-state index contributed by atoms with van der Waals surface area (Å²) in [6.07, 6.45) is 6.52. The summed E-state index contributed by atoms with van der Waals surface area (Å²) in [6.45, 7) is 4.98. The summed E-state index contributed by atoms with van der Waals surface area (Å²) in [5, 5.41) is 7.88. The average Bonchev–Trinajstić information content (AvgIpc) is 3.24. The van der Waals surface area contributed by atoms with Crippen LogP contribution in [-0.2, 0) is 34.0 Å². The van der Waals surface area contributed by atoms with Gasteiger partial charge in [-0.1, -0.05) is 55.1 Å². The Morgan fingerprint density at radius 1 is 0.589 bits per heavy atom. The molecule has 0 amide bonds. The third-order valence-corrected chi connectivity index (χ3v) is 8.49. The van der Waals surface area contributed by atoms with Crippen LogP contribution in [0.15, 0.2) is 134 Å². The van der Waals surface area contributed by atoms with Gasteiger partial charge in [-0.25, -0.2) is 9.59 Å². The molecule has 5 aromatic carbocycles. The highest BCUT2D eigenvalue weighted by Gasteiger charge is 2.13. The normalized spacial score (nSPS) is 10.5. The molecule has 0 atom stereocenters. The van der Waals surface area contributed by atoms with Gasteiger partial charge in [-0.15, -0.1) is 0 Å². The van der Waals surface area contributed by atoms with Gasteiger partial charge >= 0.3 is 17.9 Å². The van der Waals surface area contributed by atoms with Gasteiger partial charge in [-0.05, 0) is 122 Å². The summed E-state index contributed by atoms with van der Waals surface area (Å²) in [6, 6.07) is 36.3. The lowest BCUT2D eigenvalue weighted by molar-refractivity contribution is -0.138. The van der Waals surface area contributed by atoms with E-state index in [2.05, 4.69) is 6.58 Å². The van der Waals surface area contributed by atoms with E-state index in [-0.39, 0.29) is 24.7 Å². The maximum Gasteiger partial charge on any atom is 0.343 e. The minimum absolute atomic E-state index is 0.219. The molecule has 0 unspecified atom stereocenters. The molecule has 0 aliphatic rings. The Morgan fingerprint density at radius 3 is 1.86 bits per heavy atom. The lowest BCUT2D eigenvalue weighted by atomic mass is 10.1. The summed E-state index contributed by atoms with van der Waals surface area (Å²) < 4.78 is 33.6. The molecular formula is C46H45NO9. The van der Waals surface area contributed by atoms with Crippen molar-refractivity contribution in [3.8, 4) is 28.7 Å². The van der Waals surface area contributed by atoms with Crippen LogP contribution in [0, 0.1) is 5.41 Å². The summed E-state index contributed by atoms with van der Waals surface area (Å²) in [5.74, 6) is 1.42. The van der Waals surface area contributed by atoms with E-state index in [1.54, 1.807) is 66.7 Å². The molecule has 56 heavy (non-hydrogen) atoms. The number of aryl methyl sites for hydroxylation is 1. The van der Waals surface area contributed by atoms with Crippen LogP contribution in [0.5, 0.6) is 28.7 Å². The number of benzene rings is 5. The maximum atomic E-state index is 12.9. The van der Waals surface area contributed by atoms with Crippen molar-refractivity contribution in [2.75, 3.05) is 13.2 Å². The molecule has 0 spiro atoms. The van der Waals surface area contributed by atoms with Crippen LogP contribution in [0.25, 0.3) is 0 Å². The number of ether oxygens (including phenoxy) is 6. The highest BCUT2D eigenvalue weighted by atomic mass is 16.5. The Balaban J connectivity index is 0.994. The zero-order chi connectivity index (χ0) is 39.4. The molecule has 0 bridgehead atoms. The predicted molar refractivity (Wildman–Crippen MR) is 213 cm³/mol. The fourth-order valence-corrected chi connectivity index (χ4v) is 5.41. The smallest absolute Gasteiger partial charge is 0.343 e. The van der Waals surface area contributed by atoms with Crippen molar-refractivity contribution in [1.82, 2.24) is 0 Å². The average molecular weight is 756 g/mol. The van der Waals surface area contributed by atoms with Crippen LogP contribution in [0.1, 0.15) is 64.7 Å².